The van der Waals surface area contributed by atoms with Gasteiger partial charge in [-0.25, -0.2) is 4.98 Å². The second-order valence-corrected chi connectivity index (χ2v) is 6.92. The van der Waals surface area contributed by atoms with Gasteiger partial charge >= 0.3 is 11.2 Å². The first-order valence-electron chi connectivity index (χ1n) is 8.86. The number of piperidine rings is 1. The Morgan fingerprint density at radius 3 is 2.57 bits per heavy atom. The van der Waals surface area contributed by atoms with Gasteiger partial charge in [-0.2, -0.15) is 0 Å². The number of aromatic nitrogens is 2. The van der Waals surface area contributed by atoms with Crippen LogP contribution in [-0.2, 0) is 0 Å². The van der Waals surface area contributed by atoms with Gasteiger partial charge in [0.05, 0.1) is 9.95 Å². The lowest BCUT2D eigenvalue weighted by molar-refractivity contribution is -0.385. The Morgan fingerprint density at radius 2 is 1.86 bits per heavy atom. The third-order valence-corrected chi connectivity index (χ3v) is 5.06. The van der Waals surface area contributed by atoms with E-state index in [0.29, 0.717) is 42.4 Å². The molecule has 0 aliphatic carbocycles. The Labute approximate surface area is 165 Å². The molecule has 0 amide bonds. The van der Waals surface area contributed by atoms with Crippen molar-refractivity contribution < 1.29 is 9.66 Å². The van der Waals surface area contributed by atoms with Gasteiger partial charge in [0, 0.05) is 32.1 Å². The summed E-state index contributed by atoms with van der Waals surface area (Å²) in [7, 11) is 0. The zero-order valence-electron chi connectivity index (χ0n) is 14.8. The molecule has 0 radical (unpaired) electrons. The summed E-state index contributed by atoms with van der Waals surface area (Å²) in [6, 6.07) is 12.3. The van der Waals surface area contributed by atoms with Gasteiger partial charge in [0.25, 0.3) is 0 Å². The lowest BCUT2D eigenvalue weighted by atomic mass is 10.1. The number of para-hydroxylation sites is 1. The third-order valence-electron chi connectivity index (χ3n) is 4.75. The van der Waals surface area contributed by atoms with Gasteiger partial charge in [-0.15, -0.1) is 0 Å². The zero-order valence-corrected chi connectivity index (χ0v) is 15.6. The monoisotopic (exact) mass is 400 g/mol. The van der Waals surface area contributed by atoms with E-state index in [2.05, 4.69) is 4.98 Å². The van der Waals surface area contributed by atoms with Crippen LogP contribution >= 0.6 is 11.6 Å². The molecule has 0 saturated carbocycles. The van der Waals surface area contributed by atoms with Gasteiger partial charge in [0.15, 0.2) is 0 Å². The van der Waals surface area contributed by atoms with Crippen LogP contribution in [0.3, 0.4) is 0 Å². The predicted molar refractivity (Wildman–Crippen MR) is 105 cm³/mol. The van der Waals surface area contributed by atoms with Crippen LogP contribution in [0.5, 0.6) is 5.75 Å². The van der Waals surface area contributed by atoms with E-state index in [1.165, 1.54) is 10.6 Å². The lowest BCUT2D eigenvalue weighted by Crippen LogP contribution is -2.40. The first-order valence-corrected chi connectivity index (χ1v) is 9.24. The molecular weight excluding hydrogens is 384 g/mol. The van der Waals surface area contributed by atoms with Crippen molar-refractivity contribution in [1.82, 2.24) is 9.38 Å². The fourth-order valence-corrected chi connectivity index (χ4v) is 3.53. The number of halogens is 1. The fourth-order valence-electron chi connectivity index (χ4n) is 3.35. The number of nitrogens with zero attached hydrogens (tertiary/aromatic N) is 4. The zero-order chi connectivity index (χ0) is 19.7. The predicted octanol–water partition coefficient (Wildman–Crippen LogP) is 3.30. The van der Waals surface area contributed by atoms with Crippen molar-refractivity contribution in [1.29, 1.82) is 0 Å². The largest absolute Gasteiger partial charge is 0.489 e. The van der Waals surface area contributed by atoms with E-state index < -0.39 is 16.2 Å². The van der Waals surface area contributed by atoms with Gasteiger partial charge in [-0.1, -0.05) is 29.8 Å². The van der Waals surface area contributed by atoms with Crippen molar-refractivity contribution in [3.63, 3.8) is 0 Å². The molecule has 0 unspecified atom stereocenters. The Bertz CT molecular complexity index is 1090. The van der Waals surface area contributed by atoms with Crippen molar-refractivity contribution in [2.75, 3.05) is 18.0 Å². The molecular formula is C19H17ClN4O4. The first-order chi connectivity index (χ1) is 13.5. The summed E-state index contributed by atoms with van der Waals surface area (Å²) < 4.78 is 7.15. The Hall–Kier alpha value is -3.13. The highest BCUT2D eigenvalue weighted by Crippen LogP contribution is 2.29. The summed E-state index contributed by atoms with van der Waals surface area (Å²) in [6.07, 6.45) is 2.69. The normalized spacial score (nSPS) is 15.0. The molecule has 0 bridgehead atoms. The van der Waals surface area contributed by atoms with E-state index in [9.17, 15) is 14.9 Å². The van der Waals surface area contributed by atoms with Crippen LogP contribution in [0.1, 0.15) is 12.8 Å². The maximum Gasteiger partial charge on any atom is 0.376 e. The average molecular weight is 401 g/mol. The molecule has 9 heteroatoms. The Kier molecular flexibility index (Phi) is 4.87. The Morgan fingerprint density at radius 1 is 1.14 bits per heavy atom. The molecule has 28 heavy (non-hydrogen) atoms. The summed E-state index contributed by atoms with van der Waals surface area (Å²) in [4.78, 5) is 29.7. The van der Waals surface area contributed by atoms with Crippen LogP contribution in [0.4, 0.5) is 11.5 Å². The van der Waals surface area contributed by atoms with Crippen LogP contribution in [0.15, 0.2) is 53.5 Å². The summed E-state index contributed by atoms with van der Waals surface area (Å²) in [5.74, 6) is 0.730. The van der Waals surface area contributed by atoms with E-state index in [0.717, 1.165) is 0 Å². The smallest absolute Gasteiger partial charge is 0.376 e. The quantitative estimate of drug-likeness (QED) is 0.493. The van der Waals surface area contributed by atoms with Crippen LogP contribution in [0.2, 0.25) is 5.02 Å². The van der Waals surface area contributed by atoms with Crippen molar-refractivity contribution >= 4 is 28.8 Å². The summed E-state index contributed by atoms with van der Waals surface area (Å²) in [5, 5.41) is 12.1. The molecule has 0 spiro atoms. The summed E-state index contributed by atoms with van der Waals surface area (Å²) in [6.45, 7) is 0.983. The van der Waals surface area contributed by atoms with E-state index in [-0.39, 0.29) is 11.9 Å². The Balaban J connectivity index is 1.58. The molecule has 1 aliphatic heterocycles. The minimum Gasteiger partial charge on any atom is -0.489 e. The number of fused-ring (bicyclic) bond motifs is 1. The molecule has 8 nitrogen and oxygen atoms in total. The van der Waals surface area contributed by atoms with Crippen molar-refractivity contribution in [3.8, 4) is 5.75 Å². The number of rotatable bonds is 4. The number of pyridine rings is 1. The molecule has 1 saturated heterocycles. The molecule has 144 valence electrons. The summed E-state index contributed by atoms with van der Waals surface area (Å²) >= 11 is 6.14. The van der Waals surface area contributed by atoms with Crippen LogP contribution < -0.4 is 15.2 Å². The van der Waals surface area contributed by atoms with Crippen molar-refractivity contribution in [2.45, 2.75) is 18.9 Å². The van der Waals surface area contributed by atoms with Gasteiger partial charge in [-0.3, -0.25) is 19.3 Å². The van der Waals surface area contributed by atoms with Crippen molar-refractivity contribution in [2.24, 2.45) is 0 Å². The molecule has 3 aromatic rings. The minimum atomic E-state index is -0.681. The van der Waals surface area contributed by atoms with Crippen LogP contribution in [0.25, 0.3) is 5.65 Å². The number of hydrogen-bond acceptors (Lipinski definition) is 6. The van der Waals surface area contributed by atoms with Gasteiger partial charge in [-0.05, 0) is 24.3 Å². The second kappa shape index (κ2) is 7.47. The number of nitro groups is 1. The summed E-state index contributed by atoms with van der Waals surface area (Å²) in [5.41, 5.74) is -0.809. The van der Waals surface area contributed by atoms with Gasteiger partial charge in [0.2, 0.25) is 5.82 Å². The van der Waals surface area contributed by atoms with Crippen LogP contribution in [-0.4, -0.2) is 33.5 Å². The molecule has 3 heterocycles. The minimum absolute atomic E-state index is 0.0586. The lowest BCUT2D eigenvalue weighted by Gasteiger charge is -2.32. The number of hydrogen-bond donors (Lipinski definition) is 0. The highest BCUT2D eigenvalue weighted by atomic mass is 35.5. The molecule has 0 N–H and O–H groups in total. The van der Waals surface area contributed by atoms with Crippen molar-refractivity contribution in [3.05, 3.63) is 74.2 Å². The van der Waals surface area contributed by atoms with Gasteiger partial charge in [0.1, 0.15) is 17.5 Å². The average Bonchev–Trinajstić information content (AvgIpc) is 2.70. The maximum absolute atomic E-state index is 12.6. The van der Waals surface area contributed by atoms with E-state index >= 15 is 0 Å². The molecule has 1 aliphatic rings. The molecule has 1 fully saturated rings. The standard InChI is InChI=1S/C19H17ClN4O4/c20-14-5-1-2-6-15(14)28-13-8-11-22(12-9-13)18-17(24(26)27)19(25)23-10-4-3-7-16(23)21-18/h1-7,10,13H,8-9,11-12H2. The first kappa shape index (κ1) is 18.2. The SMILES string of the molecule is O=c1c([N+](=O)[O-])c(N2CCC(Oc3ccccc3Cl)CC2)nc2ccccn12. The third kappa shape index (κ3) is 3.38. The number of benzene rings is 1. The molecule has 2 aromatic heterocycles. The second-order valence-electron chi connectivity index (χ2n) is 6.51. The fraction of sp³-hybridized carbons (Fsp3) is 0.263. The number of anilines is 1. The molecule has 0 atom stereocenters. The topological polar surface area (TPSA) is 90.0 Å². The number of ether oxygens (including phenoxy) is 1. The highest BCUT2D eigenvalue weighted by molar-refractivity contribution is 6.32. The molecule has 1 aromatic carbocycles. The maximum atomic E-state index is 12.6. The van der Waals surface area contributed by atoms with E-state index in [4.69, 9.17) is 16.3 Å². The molecule has 4 rings (SSSR count). The van der Waals surface area contributed by atoms with E-state index in [1.54, 1.807) is 29.2 Å². The highest BCUT2D eigenvalue weighted by Gasteiger charge is 2.31. The van der Waals surface area contributed by atoms with Crippen LogP contribution in [0, 0.1) is 10.1 Å². The van der Waals surface area contributed by atoms with E-state index in [1.807, 2.05) is 18.2 Å². The van der Waals surface area contributed by atoms with Gasteiger partial charge < -0.3 is 9.64 Å².